The van der Waals surface area contributed by atoms with Crippen molar-refractivity contribution >= 4 is 23.7 Å². The third-order valence-electron chi connectivity index (χ3n) is 4.57. The molecule has 0 aliphatic carbocycles. The highest BCUT2D eigenvalue weighted by molar-refractivity contribution is 5.91. The van der Waals surface area contributed by atoms with E-state index in [4.69, 9.17) is 9.52 Å². The molecule has 1 atom stereocenters. The highest BCUT2D eigenvalue weighted by atomic mass is 16.4. The number of hydrogen-bond donors (Lipinski definition) is 2. The van der Waals surface area contributed by atoms with Crippen molar-refractivity contribution in [3.05, 3.63) is 24.2 Å². The summed E-state index contributed by atoms with van der Waals surface area (Å²) in [5, 5.41) is 11.6. The molecule has 0 bridgehead atoms. The molecule has 2 heterocycles. The molecule has 9 heteroatoms. The van der Waals surface area contributed by atoms with Crippen LogP contribution in [0.2, 0.25) is 0 Å². The van der Waals surface area contributed by atoms with Crippen molar-refractivity contribution in [3.8, 4) is 0 Å². The Morgan fingerprint density at radius 1 is 1.30 bits per heavy atom. The molecule has 1 saturated heterocycles. The quantitative estimate of drug-likeness (QED) is 0.720. The van der Waals surface area contributed by atoms with E-state index in [1.807, 2.05) is 0 Å². The van der Waals surface area contributed by atoms with Crippen LogP contribution >= 0.6 is 0 Å². The van der Waals surface area contributed by atoms with E-state index in [0.29, 0.717) is 32.4 Å². The summed E-state index contributed by atoms with van der Waals surface area (Å²) in [6.07, 6.45) is 3.47. The molecule has 0 radical (unpaired) electrons. The Morgan fingerprint density at radius 3 is 2.70 bits per heavy atom. The minimum Gasteiger partial charge on any atom is -0.480 e. The molecule has 0 saturated carbocycles. The van der Waals surface area contributed by atoms with Gasteiger partial charge in [0.1, 0.15) is 6.54 Å². The van der Waals surface area contributed by atoms with E-state index in [2.05, 4.69) is 5.32 Å². The van der Waals surface area contributed by atoms with Gasteiger partial charge in [-0.25, -0.2) is 0 Å². The average Bonchev–Trinajstić information content (AvgIpc) is 3.04. The summed E-state index contributed by atoms with van der Waals surface area (Å²) >= 11 is 0. The molecule has 1 aromatic rings. The Hall–Kier alpha value is -2.84. The summed E-state index contributed by atoms with van der Waals surface area (Å²) in [4.78, 5) is 49.9. The summed E-state index contributed by atoms with van der Waals surface area (Å²) < 4.78 is 4.99. The van der Waals surface area contributed by atoms with Crippen molar-refractivity contribution in [3.63, 3.8) is 0 Å². The molecule has 9 nitrogen and oxygen atoms in total. The van der Waals surface area contributed by atoms with Crippen molar-refractivity contribution < 1.29 is 28.7 Å². The van der Waals surface area contributed by atoms with Crippen LogP contribution in [0.1, 0.15) is 43.2 Å². The Kier molecular flexibility index (Phi) is 7.39. The number of rotatable bonds is 7. The standard InChI is InChI=1S/C18H25N3O6/c1-13(22)21(12-17(24)25)14-4-2-9-20(10-7-14)16(23)6-8-19-18(26)15-5-3-11-27-15/h3,5,11,14H,2,4,6-10,12H2,1H3,(H,19,26)(H,24,25). The molecule has 1 fully saturated rings. The first kappa shape index (κ1) is 20.5. The summed E-state index contributed by atoms with van der Waals surface area (Å²) in [7, 11) is 0. The molecular formula is C18H25N3O6. The molecule has 0 aromatic carbocycles. The fourth-order valence-electron chi connectivity index (χ4n) is 3.22. The van der Waals surface area contributed by atoms with Gasteiger partial charge in [-0.1, -0.05) is 0 Å². The number of carboxylic acid groups (broad SMARTS) is 1. The number of furan rings is 1. The van der Waals surface area contributed by atoms with Gasteiger partial charge in [-0.05, 0) is 31.4 Å². The Balaban J connectivity index is 1.80. The SMILES string of the molecule is CC(=O)N(CC(=O)O)C1CCCN(C(=O)CCNC(=O)c2ccco2)CC1. The Labute approximate surface area is 157 Å². The summed E-state index contributed by atoms with van der Waals surface area (Å²) in [5.41, 5.74) is 0. The van der Waals surface area contributed by atoms with Gasteiger partial charge in [0.25, 0.3) is 5.91 Å². The van der Waals surface area contributed by atoms with Crippen LogP contribution in [0.5, 0.6) is 0 Å². The zero-order valence-electron chi connectivity index (χ0n) is 15.3. The smallest absolute Gasteiger partial charge is 0.323 e. The zero-order valence-corrected chi connectivity index (χ0v) is 15.3. The summed E-state index contributed by atoms with van der Waals surface area (Å²) in [6, 6.07) is 2.97. The number of aliphatic carboxylic acids is 1. The molecule has 1 unspecified atom stereocenters. The number of carbonyl (C=O) groups is 4. The maximum atomic E-state index is 12.4. The van der Waals surface area contributed by atoms with Crippen LogP contribution in [0.25, 0.3) is 0 Å². The van der Waals surface area contributed by atoms with Gasteiger partial charge in [0.05, 0.1) is 6.26 Å². The second-order valence-corrected chi connectivity index (χ2v) is 6.49. The molecule has 3 amide bonds. The maximum absolute atomic E-state index is 12.4. The van der Waals surface area contributed by atoms with Crippen molar-refractivity contribution in [1.29, 1.82) is 0 Å². The van der Waals surface area contributed by atoms with E-state index < -0.39 is 5.97 Å². The molecule has 2 rings (SSSR count). The zero-order chi connectivity index (χ0) is 19.8. The number of likely N-dealkylation sites (tertiary alicyclic amines) is 1. The molecule has 2 N–H and O–H groups in total. The highest BCUT2D eigenvalue weighted by Gasteiger charge is 2.27. The van der Waals surface area contributed by atoms with Crippen LogP contribution in [0.4, 0.5) is 0 Å². The van der Waals surface area contributed by atoms with Crippen LogP contribution in [-0.2, 0) is 14.4 Å². The molecule has 1 aliphatic rings. The second kappa shape index (κ2) is 9.75. The third kappa shape index (κ3) is 6.12. The molecular weight excluding hydrogens is 354 g/mol. The number of nitrogens with one attached hydrogen (secondary N) is 1. The van der Waals surface area contributed by atoms with Crippen LogP contribution in [-0.4, -0.2) is 70.8 Å². The fourth-order valence-corrected chi connectivity index (χ4v) is 3.22. The van der Waals surface area contributed by atoms with Gasteiger partial charge in [-0.15, -0.1) is 0 Å². The first-order chi connectivity index (χ1) is 12.9. The number of amides is 3. The van der Waals surface area contributed by atoms with Gasteiger partial charge < -0.3 is 24.6 Å². The van der Waals surface area contributed by atoms with Crippen molar-refractivity contribution in [2.45, 2.75) is 38.6 Å². The maximum Gasteiger partial charge on any atom is 0.323 e. The van der Waals surface area contributed by atoms with Crippen LogP contribution in [0.15, 0.2) is 22.8 Å². The molecule has 148 valence electrons. The van der Waals surface area contributed by atoms with Gasteiger partial charge in [0.15, 0.2) is 5.76 Å². The van der Waals surface area contributed by atoms with E-state index in [1.165, 1.54) is 18.1 Å². The van der Waals surface area contributed by atoms with Crippen molar-refractivity contribution in [1.82, 2.24) is 15.1 Å². The second-order valence-electron chi connectivity index (χ2n) is 6.49. The number of nitrogens with zero attached hydrogens (tertiary/aromatic N) is 2. The number of hydrogen-bond acceptors (Lipinski definition) is 5. The Morgan fingerprint density at radius 2 is 2.07 bits per heavy atom. The van der Waals surface area contributed by atoms with Crippen LogP contribution < -0.4 is 5.32 Å². The minimum absolute atomic E-state index is 0.0806. The van der Waals surface area contributed by atoms with E-state index in [0.717, 1.165) is 0 Å². The average molecular weight is 379 g/mol. The lowest BCUT2D eigenvalue weighted by Crippen LogP contribution is -2.43. The topological polar surface area (TPSA) is 120 Å². The van der Waals surface area contributed by atoms with Gasteiger partial charge in [0.2, 0.25) is 11.8 Å². The lowest BCUT2D eigenvalue weighted by Gasteiger charge is -2.28. The molecule has 0 spiro atoms. The van der Waals surface area contributed by atoms with Crippen molar-refractivity contribution in [2.75, 3.05) is 26.2 Å². The third-order valence-corrected chi connectivity index (χ3v) is 4.57. The molecule has 1 aliphatic heterocycles. The van der Waals surface area contributed by atoms with Crippen LogP contribution in [0, 0.1) is 0 Å². The van der Waals surface area contributed by atoms with Gasteiger partial charge in [-0.3, -0.25) is 19.2 Å². The largest absolute Gasteiger partial charge is 0.480 e. The van der Waals surface area contributed by atoms with E-state index in [9.17, 15) is 19.2 Å². The molecule has 1 aromatic heterocycles. The summed E-state index contributed by atoms with van der Waals surface area (Å²) in [5.74, 6) is -1.57. The van der Waals surface area contributed by atoms with Gasteiger partial charge >= 0.3 is 5.97 Å². The van der Waals surface area contributed by atoms with Crippen LogP contribution in [0.3, 0.4) is 0 Å². The first-order valence-corrected chi connectivity index (χ1v) is 8.97. The number of carboxylic acids is 1. The summed E-state index contributed by atoms with van der Waals surface area (Å²) in [6.45, 7) is 2.25. The van der Waals surface area contributed by atoms with E-state index in [1.54, 1.807) is 17.0 Å². The fraction of sp³-hybridized carbons (Fsp3) is 0.556. The predicted octanol–water partition coefficient (Wildman–Crippen LogP) is 0.714. The first-order valence-electron chi connectivity index (χ1n) is 8.97. The normalized spacial score (nSPS) is 17.1. The predicted molar refractivity (Wildman–Crippen MR) is 94.9 cm³/mol. The minimum atomic E-state index is -1.05. The van der Waals surface area contributed by atoms with Gasteiger partial charge in [-0.2, -0.15) is 0 Å². The molecule has 27 heavy (non-hydrogen) atoms. The van der Waals surface area contributed by atoms with E-state index >= 15 is 0 Å². The lowest BCUT2D eigenvalue weighted by molar-refractivity contribution is -0.145. The lowest BCUT2D eigenvalue weighted by atomic mass is 10.1. The highest BCUT2D eigenvalue weighted by Crippen LogP contribution is 2.18. The van der Waals surface area contributed by atoms with E-state index in [-0.39, 0.29) is 49.0 Å². The Bertz CT molecular complexity index is 673. The van der Waals surface area contributed by atoms with Gasteiger partial charge in [0, 0.05) is 39.0 Å². The van der Waals surface area contributed by atoms with Crippen molar-refractivity contribution in [2.24, 2.45) is 0 Å². The monoisotopic (exact) mass is 379 g/mol. The number of carbonyl (C=O) groups excluding carboxylic acids is 3.